The van der Waals surface area contributed by atoms with E-state index in [4.69, 9.17) is 10.5 Å². The lowest BCUT2D eigenvalue weighted by Gasteiger charge is -2.11. The Kier molecular flexibility index (Phi) is 5.30. The van der Waals surface area contributed by atoms with Crippen LogP contribution in [0.1, 0.15) is 25.3 Å². The van der Waals surface area contributed by atoms with Crippen LogP contribution in [0.5, 0.6) is 5.75 Å². The number of thioether (sulfide) groups is 1. The minimum absolute atomic E-state index is 0.169. The van der Waals surface area contributed by atoms with Gasteiger partial charge in [-0.15, -0.1) is 11.8 Å². The van der Waals surface area contributed by atoms with E-state index in [9.17, 15) is 0 Å². The van der Waals surface area contributed by atoms with Gasteiger partial charge in [0.25, 0.3) is 0 Å². The molecule has 0 aromatic heterocycles. The summed E-state index contributed by atoms with van der Waals surface area (Å²) < 4.78 is 5.63. The van der Waals surface area contributed by atoms with Crippen molar-refractivity contribution in [2.75, 3.05) is 17.6 Å². The molecular formula is C19H23N3OS. The van der Waals surface area contributed by atoms with E-state index in [0.717, 1.165) is 17.2 Å². The van der Waals surface area contributed by atoms with E-state index < -0.39 is 0 Å². The highest BCUT2D eigenvalue weighted by atomic mass is 32.2. The molecule has 0 radical (unpaired) electrons. The monoisotopic (exact) mass is 341 g/mol. The molecule has 4 nitrogen and oxygen atoms in total. The molecule has 0 amide bonds. The van der Waals surface area contributed by atoms with Gasteiger partial charge in [0.05, 0.1) is 12.6 Å². The number of fused-ring (bicyclic) bond motifs is 1. The van der Waals surface area contributed by atoms with Gasteiger partial charge in [-0.2, -0.15) is 0 Å². The van der Waals surface area contributed by atoms with Gasteiger partial charge in [0.2, 0.25) is 0 Å². The fourth-order valence-electron chi connectivity index (χ4n) is 2.67. The fraction of sp³-hybridized carbons (Fsp3) is 0.316. The first kappa shape index (κ1) is 16.7. The molecule has 126 valence electrons. The topological polar surface area (TPSA) is 59.6 Å². The van der Waals surface area contributed by atoms with Crippen LogP contribution in [-0.2, 0) is 0 Å². The first-order valence-electron chi connectivity index (χ1n) is 8.17. The van der Waals surface area contributed by atoms with Crippen molar-refractivity contribution >= 4 is 23.4 Å². The summed E-state index contributed by atoms with van der Waals surface area (Å²) in [6, 6.07) is 16.3. The molecular weight excluding hydrogens is 318 g/mol. The number of hydrogen-bond donors (Lipinski definition) is 2. The number of anilines is 1. The first-order chi connectivity index (χ1) is 11.6. The molecule has 0 bridgehead atoms. The molecule has 2 aromatic rings. The maximum atomic E-state index is 6.02. The van der Waals surface area contributed by atoms with Gasteiger partial charge in [0, 0.05) is 22.3 Å². The molecule has 0 fully saturated rings. The van der Waals surface area contributed by atoms with Crippen molar-refractivity contribution in [3.05, 3.63) is 54.1 Å². The van der Waals surface area contributed by atoms with E-state index in [1.807, 2.05) is 49.9 Å². The second-order valence-corrected chi connectivity index (χ2v) is 7.15. The van der Waals surface area contributed by atoms with Gasteiger partial charge in [0.15, 0.2) is 5.96 Å². The zero-order chi connectivity index (χ0) is 16.9. The number of ether oxygens (including phenoxy) is 1. The Morgan fingerprint density at radius 3 is 2.75 bits per heavy atom. The maximum absolute atomic E-state index is 6.02. The van der Waals surface area contributed by atoms with Crippen molar-refractivity contribution in [2.45, 2.75) is 30.8 Å². The molecule has 24 heavy (non-hydrogen) atoms. The summed E-state index contributed by atoms with van der Waals surface area (Å²) in [6.45, 7) is 4.73. The van der Waals surface area contributed by atoms with Crippen molar-refractivity contribution in [3.63, 3.8) is 0 Å². The van der Waals surface area contributed by atoms with E-state index in [1.54, 1.807) is 0 Å². The predicted octanol–water partition coefficient (Wildman–Crippen LogP) is 4.09. The molecule has 5 heteroatoms. The highest BCUT2D eigenvalue weighted by Gasteiger charge is 2.22. The smallest absolute Gasteiger partial charge is 0.193 e. The van der Waals surface area contributed by atoms with Crippen LogP contribution in [-0.4, -0.2) is 24.4 Å². The Morgan fingerprint density at radius 1 is 1.25 bits per heavy atom. The third-order valence-electron chi connectivity index (χ3n) is 3.78. The summed E-state index contributed by atoms with van der Waals surface area (Å²) in [6.07, 6.45) is 0.169. The minimum Gasteiger partial charge on any atom is -0.491 e. The Morgan fingerprint density at radius 2 is 2.00 bits per heavy atom. The molecule has 1 heterocycles. The van der Waals surface area contributed by atoms with Crippen LogP contribution in [0.4, 0.5) is 5.69 Å². The van der Waals surface area contributed by atoms with Crippen LogP contribution < -0.4 is 15.8 Å². The highest BCUT2D eigenvalue weighted by molar-refractivity contribution is 7.99. The van der Waals surface area contributed by atoms with Crippen molar-refractivity contribution in [1.29, 1.82) is 0 Å². The van der Waals surface area contributed by atoms with E-state index >= 15 is 0 Å². The third-order valence-corrected chi connectivity index (χ3v) is 5.03. The average Bonchev–Trinajstić information content (AvgIpc) is 2.98. The summed E-state index contributed by atoms with van der Waals surface area (Å²) in [5, 5.41) is 3.14. The Labute approximate surface area is 147 Å². The van der Waals surface area contributed by atoms with Gasteiger partial charge in [0.1, 0.15) is 5.75 Å². The van der Waals surface area contributed by atoms with Crippen LogP contribution in [0.3, 0.4) is 0 Å². The number of nitrogens with zero attached hydrogens (tertiary/aromatic N) is 1. The number of nitrogens with one attached hydrogen (secondary N) is 1. The Bertz CT molecular complexity index is 713. The molecule has 3 N–H and O–H groups in total. The van der Waals surface area contributed by atoms with Gasteiger partial charge in [-0.25, -0.2) is 0 Å². The summed E-state index contributed by atoms with van der Waals surface area (Å²) in [4.78, 5) is 5.88. The summed E-state index contributed by atoms with van der Waals surface area (Å²) in [5.74, 6) is 2.80. The molecule has 3 rings (SSSR count). The lowest BCUT2D eigenvalue weighted by molar-refractivity contribution is 0.242. The normalized spacial score (nSPS) is 17.0. The molecule has 0 saturated heterocycles. The maximum Gasteiger partial charge on any atom is 0.193 e. The van der Waals surface area contributed by atoms with Crippen molar-refractivity contribution in [2.24, 2.45) is 10.7 Å². The van der Waals surface area contributed by atoms with E-state index in [2.05, 4.69) is 34.6 Å². The Balaban J connectivity index is 1.57. The number of benzene rings is 2. The second-order valence-electron chi connectivity index (χ2n) is 6.09. The molecule has 1 atom stereocenters. The summed E-state index contributed by atoms with van der Waals surface area (Å²) in [7, 11) is 0. The largest absolute Gasteiger partial charge is 0.491 e. The SMILES string of the molecule is CC(C)Oc1ccc(NC(N)=NCC2CSc3ccccc32)cc1. The molecule has 2 aromatic carbocycles. The Hall–Kier alpha value is -2.14. The second kappa shape index (κ2) is 7.62. The van der Waals surface area contributed by atoms with Crippen LogP contribution >= 0.6 is 11.8 Å². The summed E-state index contributed by atoms with van der Waals surface area (Å²) in [5.41, 5.74) is 8.32. The fourth-order valence-corrected chi connectivity index (χ4v) is 3.91. The van der Waals surface area contributed by atoms with E-state index in [1.165, 1.54) is 10.5 Å². The van der Waals surface area contributed by atoms with Gasteiger partial charge in [-0.05, 0) is 49.7 Å². The number of hydrogen-bond acceptors (Lipinski definition) is 3. The molecule has 1 aliphatic rings. The average molecular weight is 341 g/mol. The van der Waals surface area contributed by atoms with Crippen LogP contribution in [0, 0.1) is 0 Å². The third kappa shape index (κ3) is 4.23. The lowest BCUT2D eigenvalue weighted by Crippen LogP contribution is -2.23. The lowest BCUT2D eigenvalue weighted by atomic mass is 10.0. The number of guanidine groups is 1. The first-order valence-corrected chi connectivity index (χ1v) is 9.16. The number of rotatable bonds is 5. The van der Waals surface area contributed by atoms with Crippen LogP contribution in [0.15, 0.2) is 58.4 Å². The zero-order valence-corrected chi connectivity index (χ0v) is 14.8. The quantitative estimate of drug-likeness (QED) is 0.635. The number of nitrogens with two attached hydrogens (primary N) is 1. The highest BCUT2D eigenvalue weighted by Crippen LogP contribution is 2.39. The van der Waals surface area contributed by atoms with Gasteiger partial charge >= 0.3 is 0 Å². The zero-order valence-electron chi connectivity index (χ0n) is 14.0. The molecule has 0 spiro atoms. The minimum atomic E-state index is 0.169. The summed E-state index contributed by atoms with van der Waals surface area (Å²) >= 11 is 1.89. The molecule has 1 unspecified atom stereocenters. The van der Waals surface area contributed by atoms with Crippen LogP contribution in [0.2, 0.25) is 0 Å². The van der Waals surface area contributed by atoms with E-state index in [-0.39, 0.29) is 6.10 Å². The van der Waals surface area contributed by atoms with Crippen molar-refractivity contribution in [1.82, 2.24) is 0 Å². The molecule has 0 saturated carbocycles. The molecule has 0 aliphatic carbocycles. The van der Waals surface area contributed by atoms with Crippen LogP contribution in [0.25, 0.3) is 0 Å². The van der Waals surface area contributed by atoms with E-state index in [0.29, 0.717) is 18.4 Å². The predicted molar refractivity (Wildman–Crippen MR) is 102 cm³/mol. The van der Waals surface area contributed by atoms with Gasteiger partial charge in [-0.3, -0.25) is 4.99 Å². The van der Waals surface area contributed by atoms with Gasteiger partial charge in [-0.1, -0.05) is 18.2 Å². The van der Waals surface area contributed by atoms with Crippen molar-refractivity contribution < 1.29 is 4.74 Å². The number of aliphatic imine (C=N–C) groups is 1. The molecule has 1 aliphatic heterocycles. The van der Waals surface area contributed by atoms with Crippen molar-refractivity contribution in [3.8, 4) is 5.75 Å². The standard InChI is InChI=1S/C19H23N3OS/c1-13(2)23-16-9-7-15(8-10-16)22-19(20)21-11-14-12-24-18-6-4-3-5-17(14)18/h3-10,13-14H,11-12H2,1-2H3,(H3,20,21,22). The van der Waals surface area contributed by atoms with Gasteiger partial charge < -0.3 is 15.8 Å².